The lowest BCUT2D eigenvalue weighted by atomic mass is 10.2. The molecule has 0 radical (unpaired) electrons. The molecule has 0 aliphatic carbocycles. The van der Waals surface area contributed by atoms with Crippen LogP contribution in [0.2, 0.25) is 5.02 Å². The van der Waals surface area contributed by atoms with Crippen LogP contribution in [-0.2, 0) is 16.6 Å². The number of aliphatic hydroxyl groups excluding tert-OH is 1. The number of halogens is 4. The summed E-state index contributed by atoms with van der Waals surface area (Å²) in [5.74, 6) is -0.258. The van der Waals surface area contributed by atoms with E-state index in [2.05, 4.69) is 0 Å². The van der Waals surface area contributed by atoms with Gasteiger partial charge in [-0.3, -0.25) is 0 Å². The number of rotatable bonds is 5. The van der Waals surface area contributed by atoms with E-state index in [0.29, 0.717) is 0 Å². The first-order chi connectivity index (χ1) is 9.10. The van der Waals surface area contributed by atoms with E-state index in [4.69, 9.17) is 21.4 Å². The molecule has 1 aromatic rings. The SMILES string of the molecule is COc1c(CO)cc(Cl)cc1S(=O)(=O)NCC(F)(F)F. The highest BCUT2D eigenvalue weighted by molar-refractivity contribution is 7.89. The fourth-order valence-corrected chi connectivity index (χ4v) is 2.98. The van der Waals surface area contributed by atoms with Crippen LogP contribution in [0.15, 0.2) is 17.0 Å². The van der Waals surface area contributed by atoms with Crippen LogP contribution < -0.4 is 9.46 Å². The Morgan fingerprint density at radius 1 is 1.40 bits per heavy atom. The van der Waals surface area contributed by atoms with Gasteiger partial charge in [0.2, 0.25) is 10.0 Å². The van der Waals surface area contributed by atoms with E-state index in [9.17, 15) is 21.6 Å². The Morgan fingerprint density at radius 3 is 2.45 bits per heavy atom. The third kappa shape index (κ3) is 4.23. The number of hydrogen-bond acceptors (Lipinski definition) is 4. The molecule has 20 heavy (non-hydrogen) atoms. The molecule has 1 aromatic carbocycles. The molecule has 0 saturated heterocycles. The summed E-state index contributed by atoms with van der Waals surface area (Å²) in [6.07, 6.45) is -4.70. The lowest BCUT2D eigenvalue weighted by Crippen LogP contribution is -2.34. The molecule has 0 saturated carbocycles. The van der Waals surface area contributed by atoms with Crippen molar-refractivity contribution in [1.29, 1.82) is 0 Å². The van der Waals surface area contributed by atoms with Crippen molar-refractivity contribution >= 4 is 21.6 Å². The predicted octanol–water partition coefficient (Wildman–Crippen LogP) is 1.68. The second-order valence-electron chi connectivity index (χ2n) is 3.69. The number of alkyl halides is 3. The van der Waals surface area contributed by atoms with Gasteiger partial charge in [-0.1, -0.05) is 11.6 Å². The number of aliphatic hydroxyl groups is 1. The summed E-state index contributed by atoms with van der Waals surface area (Å²) in [7, 11) is -3.35. The number of ether oxygens (including phenoxy) is 1. The topological polar surface area (TPSA) is 75.6 Å². The maximum absolute atomic E-state index is 12.1. The van der Waals surface area contributed by atoms with Gasteiger partial charge in [0, 0.05) is 10.6 Å². The van der Waals surface area contributed by atoms with Crippen molar-refractivity contribution in [3.8, 4) is 5.75 Å². The Balaban J connectivity index is 3.27. The Bertz CT molecular complexity index is 589. The van der Waals surface area contributed by atoms with Crippen molar-refractivity contribution < 1.29 is 31.4 Å². The smallest absolute Gasteiger partial charge is 0.402 e. The standard InChI is InChI=1S/C10H11ClF3NO4S/c1-19-9-6(4-16)2-7(11)3-8(9)20(17,18)15-5-10(12,13)14/h2-3,15-16H,4-5H2,1H3. The zero-order valence-corrected chi connectivity index (χ0v) is 11.7. The normalized spacial score (nSPS) is 12.5. The van der Waals surface area contributed by atoms with Crippen LogP contribution in [0.3, 0.4) is 0 Å². The summed E-state index contributed by atoms with van der Waals surface area (Å²) in [6, 6.07) is 2.20. The average Bonchev–Trinajstić information content (AvgIpc) is 2.34. The first kappa shape index (κ1) is 17.0. The van der Waals surface area contributed by atoms with E-state index >= 15 is 0 Å². The van der Waals surface area contributed by atoms with Crippen LogP contribution >= 0.6 is 11.6 Å². The third-order valence-electron chi connectivity index (χ3n) is 2.22. The molecule has 0 unspecified atom stereocenters. The van der Waals surface area contributed by atoms with Gasteiger partial charge in [0.1, 0.15) is 17.2 Å². The van der Waals surface area contributed by atoms with Crippen molar-refractivity contribution in [2.45, 2.75) is 17.7 Å². The predicted molar refractivity (Wildman–Crippen MR) is 65.2 cm³/mol. The Hall–Kier alpha value is -1.03. The molecule has 1 rings (SSSR count). The summed E-state index contributed by atoms with van der Waals surface area (Å²) in [5.41, 5.74) is 0.0485. The van der Waals surface area contributed by atoms with Gasteiger partial charge >= 0.3 is 6.18 Å². The number of nitrogens with one attached hydrogen (secondary N) is 1. The second-order valence-corrected chi connectivity index (χ2v) is 5.87. The molecule has 0 atom stereocenters. The minimum absolute atomic E-state index is 0.0485. The van der Waals surface area contributed by atoms with Gasteiger partial charge in [-0.15, -0.1) is 0 Å². The second kappa shape index (κ2) is 6.17. The quantitative estimate of drug-likeness (QED) is 0.859. The summed E-state index contributed by atoms with van der Waals surface area (Å²) >= 11 is 5.67. The molecule has 0 bridgehead atoms. The van der Waals surface area contributed by atoms with Gasteiger partial charge in [0.05, 0.1) is 13.7 Å². The number of methoxy groups -OCH3 is 1. The van der Waals surface area contributed by atoms with Crippen molar-refractivity contribution in [3.63, 3.8) is 0 Å². The lowest BCUT2D eigenvalue weighted by molar-refractivity contribution is -0.121. The molecule has 5 nitrogen and oxygen atoms in total. The van der Waals surface area contributed by atoms with Gasteiger partial charge in [0.25, 0.3) is 0 Å². The largest absolute Gasteiger partial charge is 0.495 e. The number of benzene rings is 1. The minimum Gasteiger partial charge on any atom is -0.495 e. The third-order valence-corrected chi connectivity index (χ3v) is 3.85. The van der Waals surface area contributed by atoms with Crippen LogP contribution in [0.25, 0.3) is 0 Å². The van der Waals surface area contributed by atoms with Gasteiger partial charge in [0.15, 0.2) is 0 Å². The van der Waals surface area contributed by atoms with Crippen molar-refractivity contribution in [2.24, 2.45) is 0 Å². The molecular weight excluding hydrogens is 323 g/mol. The molecule has 10 heteroatoms. The minimum atomic E-state index is -4.70. The maximum atomic E-state index is 12.1. The summed E-state index contributed by atoms with van der Waals surface area (Å²) in [5, 5.41) is 9.04. The van der Waals surface area contributed by atoms with E-state index in [-0.39, 0.29) is 16.3 Å². The van der Waals surface area contributed by atoms with Gasteiger partial charge < -0.3 is 9.84 Å². The molecule has 0 spiro atoms. The molecule has 0 aliphatic heterocycles. The monoisotopic (exact) mass is 333 g/mol. The molecule has 2 N–H and O–H groups in total. The van der Waals surface area contributed by atoms with Crippen LogP contribution in [0.5, 0.6) is 5.75 Å². The Morgan fingerprint density at radius 2 is 2.00 bits per heavy atom. The molecule has 0 heterocycles. The van der Waals surface area contributed by atoms with Crippen molar-refractivity contribution in [2.75, 3.05) is 13.7 Å². The summed E-state index contributed by atoms with van der Waals surface area (Å²) < 4.78 is 66.2. The van der Waals surface area contributed by atoms with Crippen LogP contribution in [-0.4, -0.2) is 33.4 Å². The van der Waals surface area contributed by atoms with E-state index in [1.54, 1.807) is 0 Å². The van der Waals surface area contributed by atoms with E-state index in [0.717, 1.165) is 13.2 Å². The van der Waals surface area contributed by atoms with Crippen molar-refractivity contribution in [3.05, 3.63) is 22.7 Å². The lowest BCUT2D eigenvalue weighted by Gasteiger charge is -2.15. The van der Waals surface area contributed by atoms with Crippen LogP contribution in [0, 0.1) is 0 Å². The fourth-order valence-electron chi connectivity index (χ4n) is 1.43. The molecular formula is C10H11ClF3NO4S. The first-order valence-corrected chi connectivity index (χ1v) is 7.00. The Labute approximate surface area is 118 Å². The van der Waals surface area contributed by atoms with Gasteiger partial charge in [-0.05, 0) is 12.1 Å². The van der Waals surface area contributed by atoms with Gasteiger partial charge in [-0.25, -0.2) is 13.1 Å². The zero-order chi connectivity index (χ0) is 15.6. The van der Waals surface area contributed by atoms with E-state index in [1.807, 2.05) is 0 Å². The highest BCUT2D eigenvalue weighted by atomic mass is 35.5. The fraction of sp³-hybridized carbons (Fsp3) is 0.400. The summed E-state index contributed by atoms with van der Waals surface area (Å²) in [6.45, 7) is -2.30. The zero-order valence-electron chi connectivity index (χ0n) is 10.2. The van der Waals surface area contributed by atoms with Crippen molar-refractivity contribution in [1.82, 2.24) is 4.72 Å². The summed E-state index contributed by atoms with van der Waals surface area (Å²) in [4.78, 5) is -0.569. The highest BCUT2D eigenvalue weighted by Crippen LogP contribution is 2.32. The number of hydrogen-bond donors (Lipinski definition) is 2. The molecule has 114 valence electrons. The number of sulfonamides is 1. The van der Waals surface area contributed by atoms with E-state index in [1.165, 1.54) is 10.8 Å². The average molecular weight is 334 g/mol. The van der Waals surface area contributed by atoms with E-state index < -0.39 is 34.2 Å². The molecule has 0 fully saturated rings. The molecule has 0 amide bonds. The Kier molecular flexibility index (Phi) is 5.25. The first-order valence-electron chi connectivity index (χ1n) is 5.14. The van der Waals surface area contributed by atoms with Crippen LogP contribution in [0.1, 0.15) is 5.56 Å². The van der Waals surface area contributed by atoms with Gasteiger partial charge in [-0.2, -0.15) is 13.2 Å². The molecule has 0 aliphatic rings. The highest BCUT2D eigenvalue weighted by Gasteiger charge is 2.31. The molecule has 0 aromatic heterocycles. The maximum Gasteiger partial charge on any atom is 0.402 e. The van der Waals surface area contributed by atoms with Crippen LogP contribution in [0.4, 0.5) is 13.2 Å².